The van der Waals surface area contributed by atoms with Crippen LogP contribution in [-0.2, 0) is 6.42 Å². The molecule has 1 amide bonds. The Bertz CT molecular complexity index is 1020. The van der Waals surface area contributed by atoms with Gasteiger partial charge in [0, 0.05) is 17.9 Å². The molecule has 3 aromatic rings. The highest BCUT2D eigenvalue weighted by Crippen LogP contribution is 2.18. The van der Waals surface area contributed by atoms with Gasteiger partial charge in [-0.25, -0.2) is 4.39 Å². The molecule has 3 N–H and O–H groups in total. The van der Waals surface area contributed by atoms with Gasteiger partial charge in [0.25, 0.3) is 5.91 Å². The molecule has 0 unspecified atom stereocenters. The van der Waals surface area contributed by atoms with Gasteiger partial charge in [0.05, 0.1) is 12.7 Å². The van der Waals surface area contributed by atoms with E-state index in [0.717, 1.165) is 23.4 Å². The summed E-state index contributed by atoms with van der Waals surface area (Å²) in [6.07, 6.45) is 0.771. The van der Waals surface area contributed by atoms with Gasteiger partial charge < -0.3 is 20.7 Å². The molecule has 30 heavy (non-hydrogen) atoms. The number of ether oxygens (including phenoxy) is 1. The van der Waals surface area contributed by atoms with E-state index in [1.807, 2.05) is 24.3 Å². The van der Waals surface area contributed by atoms with Gasteiger partial charge in [-0.3, -0.25) is 4.79 Å². The second-order valence-electron chi connectivity index (χ2n) is 6.45. The van der Waals surface area contributed by atoms with Gasteiger partial charge in [0.2, 0.25) is 0 Å². The molecule has 0 bridgehead atoms. The minimum Gasteiger partial charge on any atom is -0.496 e. The minimum absolute atomic E-state index is 0.000117. The second-order valence-corrected chi connectivity index (χ2v) is 6.86. The summed E-state index contributed by atoms with van der Waals surface area (Å²) in [7, 11) is 1.65. The average Bonchev–Trinajstić information content (AvgIpc) is 2.75. The third-order valence-corrected chi connectivity index (χ3v) is 4.64. The Labute approximate surface area is 180 Å². The van der Waals surface area contributed by atoms with Crippen LogP contribution in [0.25, 0.3) is 0 Å². The van der Waals surface area contributed by atoms with E-state index in [9.17, 15) is 9.18 Å². The average molecular weight is 424 g/mol. The van der Waals surface area contributed by atoms with Gasteiger partial charge in [-0.05, 0) is 66.7 Å². The van der Waals surface area contributed by atoms with Crippen LogP contribution in [0.5, 0.6) is 5.75 Å². The Hall–Kier alpha value is -3.45. The molecule has 7 heteroatoms. The van der Waals surface area contributed by atoms with Crippen LogP contribution in [0.4, 0.5) is 15.8 Å². The molecule has 0 saturated carbocycles. The lowest BCUT2D eigenvalue weighted by Crippen LogP contribution is -2.30. The number of amides is 1. The molecule has 0 spiro atoms. The molecule has 0 aromatic heterocycles. The van der Waals surface area contributed by atoms with Gasteiger partial charge in [-0.2, -0.15) is 0 Å². The number of rotatable bonds is 7. The summed E-state index contributed by atoms with van der Waals surface area (Å²) >= 11 is 5.33. The third kappa shape index (κ3) is 5.78. The summed E-state index contributed by atoms with van der Waals surface area (Å²) in [4.78, 5) is 12.2. The zero-order valence-corrected chi connectivity index (χ0v) is 17.3. The van der Waals surface area contributed by atoms with Crippen LogP contribution in [0.1, 0.15) is 15.9 Å². The van der Waals surface area contributed by atoms with Crippen molar-refractivity contribution in [3.63, 3.8) is 0 Å². The first kappa shape index (κ1) is 21.3. The minimum atomic E-state index is -0.558. The molecule has 5 nitrogen and oxygen atoms in total. The van der Waals surface area contributed by atoms with E-state index in [1.165, 1.54) is 12.1 Å². The van der Waals surface area contributed by atoms with Crippen LogP contribution >= 0.6 is 12.2 Å². The van der Waals surface area contributed by atoms with Crippen molar-refractivity contribution in [1.82, 2.24) is 5.32 Å². The largest absolute Gasteiger partial charge is 0.496 e. The van der Waals surface area contributed by atoms with Crippen molar-refractivity contribution < 1.29 is 13.9 Å². The Balaban J connectivity index is 1.48. The van der Waals surface area contributed by atoms with Gasteiger partial charge in [-0.1, -0.05) is 30.3 Å². The molecule has 3 rings (SSSR count). The van der Waals surface area contributed by atoms with Crippen LogP contribution in [0, 0.1) is 5.82 Å². The van der Waals surface area contributed by atoms with E-state index in [1.54, 1.807) is 43.5 Å². The smallest absolute Gasteiger partial charge is 0.258 e. The van der Waals surface area contributed by atoms with Crippen LogP contribution in [0.3, 0.4) is 0 Å². The number of anilines is 2. The third-order valence-electron chi connectivity index (χ3n) is 4.39. The van der Waals surface area contributed by atoms with Gasteiger partial charge in [0.1, 0.15) is 11.6 Å². The number of methoxy groups -OCH3 is 1. The predicted molar refractivity (Wildman–Crippen MR) is 122 cm³/mol. The number of nitrogens with one attached hydrogen (secondary N) is 3. The first-order chi connectivity index (χ1) is 14.6. The van der Waals surface area contributed by atoms with Crippen LogP contribution in [0.15, 0.2) is 72.8 Å². The van der Waals surface area contributed by atoms with E-state index in [-0.39, 0.29) is 5.56 Å². The molecular formula is C23H22FN3O2S. The summed E-state index contributed by atoms with van der Waals surface area (Å²) in [6.45, 7) is 0.656. The topological polar surface area (TPSA) is 62.4 Å². The van der Waals surface area contributed by atoms with Gasteiger partial charge >= 0.3 is 0 Å². The molecule has 3 aromatic carbocycles. The quantitative estimate of drug-likeness (QED) is 0.484. The maximum atomic E-state index is 13.7. The van der Waals surface area contributed by atoms with Crippen LogP contribution in [0.2, 0.25) is 0 Å². The van der Waals surface area contributed by atoms with Gasteiger partial charge in [-0.15, -0.1) is 0 Å². The fraction of sp³-hybridized carbons (Fsp3) is 0.130. The predicted octanol–water partition coefficient (Wildman–Crippen LogP) is 4.62. The molecule has 0 atom stereocenters. The number of hydrogen-bond acceptors (Lipinski definition) is 3. The zero-order valence-electron chi connectivity index (χ0n) is 16.4. The maximum absolute atomic E-state index is 13.7. The molecular weight excluding hydrogens is 401 g/mol. The number of benzene rings is 3. The molecule has 0 fully saturated rings. The van der Waals surface area contributed by atoms with Crippen molar-refractivity contribution in [2.45, 2.75) is 6.42 Å². The Kier molecular flexibility index (Phi) is 7.34. The monoisotopic (exact) mass is 423 g/mol. The second kappa shape index (κ2) is 10.4. The molecule has 0 radical (unpaired) electrons. The zero-order chi connectivity index (χ0) is 21.3. The van der Waals surface area contributed by atoms with Crippen molar-refractivity contribution >= 4 is 34.6 Å². The van der Waals surface area contributed by atoms with Crippen molar-refractivity contribution in [2.75, 3.05) is 24.3 Å². The van der Waals surface area contributed by atoms with Gasteiger partial charge in [0.15, 0.2) is 5.11 Å². The molecule has 0 aliphatic rings. The van der Waals surface area contributed by atoms with Crippen LogP contribution < -0.4 is 20.7 Å². The number of halogens is 1. The van der Waals surface area contributed by atoms with E-state index in [2.05, 4.69) is 16.0 Å². The number of thiocarbonyl (C=S) groups is 1. The highest BCUT2D eigenvalue weighted by Gasteiger charge is 2.11. The summed E-state index contributed by atoms with van der Waals surface area (Å²) in [6, 6.07) is 20.7. The molecule has 0 saturated heterocycles. The van der Waals surface area contributed by atoms with Crippen molar-refractivity contribution in [1.29, 1.82) is 0 Å². The van der Waals surface area contributed by atoms with E-state index >= 15 is 0 Å². The Morgan fingerprint density at radius 2 is 1.57 bits per heavy atom. The normalized spacial score (nSPS) is 10.2. The first-order valence-electron chi connectivity index (χ1n) is 9.39. The Morgan fingerprint density at radius 1 is 0.933 bits per heavy atom. The van der Waals surface area contributed by atoms with Crippen molar-refractivity contribution in [2.24, 2.45) is 0 Å². The van der Waals surface area contributed by atoms with Crippen LogP contribution in [-0.4, -0.2) is 24.7 Å². The highest BCUT2D eigenvalue weighted by atomic mass is 32.1. The first-order valence-corrected chi connectivity index (χ1v) is 9.80. The van der Waals surface area contributed by atoms with E-state index < -0.39 is 11.7 Å². The Morgan fingerprint density at radius 3 is 2.27 bits per heavy atom. The summed E-state index contributed by atoms with van der Waals surface area (Å²) in [5, 5.41) is 9.42. The SMILES string of the molecule is COc1ccccc1CCNC(=S)Nc1ccc(NC(=O)c2ccccc2F)cc1. The van der Waals surface area contributed by atoms with E-state index in [0.29, 0.717) is 17.3 Å². The molecule has 0 aliphatic carbocycles. The number of para-hydroxylation sites is 1. The summed E-state index contributed by atoms with van der Waals surface area (Å²) in [5.74, 6) is -0.202. The standard InChI is InChI=1S/C23H22FN3O2S/c1-29-21-9-5-2-6-16(21)14-15-25-23(30)27-18-12-10-17(11-13-18)26-22(28)19-7-3-4-8-20(19)24/h2-13H,14-15H2,1H3,(H,26,28)(H2,25,27,30). The maximum Gasteiger partial charge on any atom is 0.258 e. The number of carbonyl (C=O) groups excluding carboxylic acids is 1. The van der Waals surface area contributed by atoms with Crippen molar-refractivity contribution in [3.8, 4) is 5.75 Å². The number of carbonyl (C=O) groups is 1. The lowest BCUT2D eigenvalue weighted by Gasteiger charge is -2.12. The molecule has 0 heterocycles. The number of hydrogen-bond donors (Lipinski definition) is 3. The molecule has 154 valence electrons. The van der Waals surface area contributed by atoms with E-state index in [4.69, 9.17) is 17.0 Å². The van der Waals surface area contributed by atoms with Crippen molar-refractivity contribution in [3.05, 3.63) is 89.7 Å². The summed E-state index contributed by atoms with van der Waals surface area (Å²) in [5.41, 5.74) is 2.43. The lowest BCUT2D eigenvalue weighted by atomic mass is 10.1. The highest BCUT2D eigenvalue weighted by molar-refractivity contribution is 7.80. The lowest BCUT2D eigenvalue weighted by molar-refractivity contribution is 0.102. The molecule has 0 aliphatic heterocycles. The fourth-order valence-corrected chi connectivity index (χ4v) is 3.10. The fourth-order valence-electron chi connectivity index (χ4n) is 2.88. The summed E-state index contributed by atoms with van der Waals surface area (Å²) < 4.78 is 19.0.